The monoisotopic (exact) mass is 346 g/mol. The van der Waals surface area contributed by atoms with Gasteiger partial charge in [0.05, 0.1) is 9.04 Å². The Hall–Kier alpha value is -0.436. The fourth-order valence-electron chi connectivity index (χ4n) is 2.11. The van der Waals surface area contributed by atoms with E-state index in [0.29, 0.717) is 11.1 Å². The van der Waals surface area contributed by atoms with E-state index in [4.69, 9.17) is 14.6 Å². The first kappa shape index (κ1) is 21.6. The van der Waals surface area contributed by atoms with E-state index in [-0.39, 0.29) is 15.0 Å². The van der Waals surface area contributed by atoms with Crippen molar-refractivity contribution in [1.29, 1.82) is 0 Å². The van der Waals surface area contributed by atoms with Gasteiger partial charge in [0.1, 0.15) is 5.91 Å². The van der Waals surface area contributed by atoms with Gasteiger partial charge in [-0.1, -0.05) is 46.1 Å². The van der Waals surface area contributed by atoms with Gasteiger partial charge in [-0.2, -0.15) is 0 Å². The number of hydrogen-bond donors (Lipinski definition) is 1. The van der Waals surface area contributed by atoms with Gasteiger partial charge < -0.3 is 14.6 Å². The molecule has 0 amide bonds. The molecule has 0 aliphatic heterocycles. The number of rotatable bonds is 14. The lowest BCUT2D eigenvalue weighted by atomic mass is 10.2. The van der Waals surface area contributed by atoms with Crippen LogP contribution < -0.4 is 0 Å². The predicted octanol–water partition coefficient (Wildman–Crippen LogP) is 2.39. The van der Waals surface area contributed by atoms with Crippen LogP contribution in [0.15, 0.2) is 11.6 Å². The first-order chi connectivity index (χ1) is 10.5. The summed E-state index contributed by atoms with van der Waals surface area (Å²) in [5, 5.41) is 9.00. The topological polar surface area (TPSA) is 55.8 Å². The molecule has 0 bridgehead atoms. The van der Waals surface area contributed by atoms with Gasteiger partial charge in [0, 0.05) is 27.8 Å². The Kier molecular flexibility index (Phi) is 13.9. The SMILES string of the molecule is CCCCOC(OCCCC)[SiH2][SiH2]C(C=C(C)C(=O)O)CC. The van der Waals surface area contributed by atoms with Gasteiger partial charge in [-0.05, 0) is 25.3 Å². The zero-order valence-electron chi connectivity index (χ0n) is 14.8. The number of allylic oxidation sites excluding steroid dienone is 1. The molecule has 0 rings (SSSR count). The summed E-state index contributed by atoms with van der Waals surface area (Å²) in [6.07, 6.45) is 7.42. The number of unbranched alkanes of at least 4 members (excludes halogenated alkanes) is 2. The molecule has 1 atom stereocenters. The highest BCUT2D eigenvalue weighted by molar-refractivity contribution is 7.01. The maximum atomic E-state index is 10.9. The van der Waals surface area contributed by atoms with Crippen molar-refractivity contribution in [1.82, 2.24) is 0 Å². The summed E-state index contributed by atoms with van der Waals surface area (Å²) >= 11 is 0. The van der Waals surface area contributed by atoms with Gasteiger partial charge >= 0.3 is 5.97 Å². The van der Waals surface area contributed by atoms with Crippen molar-refractivity contribution < 1.29 is 19.4 Å². The predicted molar refractivity (Wildman–Crippen MR) is 98.0 cm³/mol. The Balaban J connectivity index is 4.35. The smallest absolute Gasteiger partial charge is 0.330 e. The Labute approximate surface area is 140 Å². The van der Waals surface area contributed by atoms with Crippen molar-refractivity contribution >= 4 is 24.0 Å². The average molecular weight is 347 g/mol. The molecule has 0 aromatic carbocycles. The molecule has 0 heterocycles. The van der Waals surface area contributed by atoms with Gasteiger partial charge in [0.2, 0.25) is 0 Å². The molecule has 0 aromatic rings. The molecule has 0 aromatic heterocycles. The number of hydrogen-bond acceptors (Lipinski definition) is 3. The average Bonchev–Trinajstić information content (AvgIpc) is 2.50. The zero-order valence-corrected chi connectivity index (χ0v) is 17.6. The summed E-state index contributed by atoms with van der Waals surface area (Å²) in [7, 11) is -0.716. The van der Waals surface area contributed by atoms with Crippen LogP contribution in [0.4, 0.5) is 0 Å². The Bertz CT molecular complexity index is 311. The van der Waals surface area contributed by atoms with Crippen LogP contribution in [0.5, 0.6) is 0 Å². The maximum absolute atomic E-state index is 10.9. The molecule has 0 aliphatic carbocycles. The minimum Gasteiger partial charge on any atom is -0.478 e. The zero-order chi connectivity index (χ0) is 16.8. The standard InChI is InChI=1S/C16H34O4Si2/c1-5-8-10-19-16(20-11-9-6-2)22-21-14(7-3)12-13(4)15(17)18/h12,14,16H,5-11,21-22H2,1-4H3,(H,17,18). The van der Waals surface area contributed by atoms with Crippen LogP contribution in [-0.2, 0) is 14.3 Å². The number of carbonyl (C=O) groups is 1. The van der Waals surface area contributed by atoms with Gasteiger partial charge in [-0.15, -0.1) is 0 Å². The van der Waals surface area contributed by atoms with Crippen molar-refractivity contribution in [3.63, 3.8) is 0 Å². The molecule has 0 radical (unpaired) electrons. The Morgan fingerprint density at radius 3 is 2.05 bits per heavy atom. The molecule has 130 valence electrons. The fourth-order valence-corrected chi connectivity index (χ4v) is 9.23. The van der Waals surface area contributed by atoms with E-state index in [1.807, 2.05) is 6.08 Å². The fraction of sp³-hybridized carbons (Fsp3) is 0.812. The van der Waals surface area contributed by atoms with Crippen LogP contribution >= 0.6 is 0 Å². The molecule has 0 saturated carbocycles. The first-order valence-corrected chi connectivity index (χ1v) is 14.3. The molecule has 0 fully saturated rings. The molecule has 0 saturated heterocycles. The molecule has 4 nitrogen and oxygen atoms in total. The second kappa shape index (κ2) is 14.2. The molecule has 0 aliphatic rings. The third-order valence-corrected chi connectivity index (χ3v) is 11.2. The van der Waals surface area contributed by atoms with E-state index in [0.717, 1.165) is 45.3 Å². The maximum Gasteiger partial charge on any atom is 0.330 e. The van der Waals surface area contributed by atoms with Gasteiger partial charge in [0.25, 0.3) is 0 Å². The van der Waals surface area contributed by atoms with Gasteiger partial charge in [0.15, 0.2) is 0 Å². The van der Waals surface area contributed by atoms with E-state index in [1.54, 1.807) is 6.92 Å². The van der Waals surface area contributed by atoms with Crippen molar-refractivity contribution in [3.8, 4) is 0 Å². The lowest BCUT2D eigenvalue weighted by molar-refractivity contribution is -0.132. The highest BCUT2D eigenvalue weighted by Gasteiger charge is 2.14. The third kappa shape index (κ3) is 11.2. The van der Waals surface area contributed by atoms with E-state index in [2.05, 4.69) is 20.8 Å². The highest BCUT2D eigenvalue weighted by atomic mass is 29.1. The number of carboxylic acid groups (broad SMARTS) is 1. The molecule has 0 spiro atoms. The summed E-state index contributed by atoms with van der Waals surface area (Å²) in [6, 6.07) is 0. The van der Waals surface area contributed by atoms with E-state index >= 15 is 0 Å². The second-order valence-corrected chi connectivity index (χ2v) is 12.1. The van der Waals surface area contributed by atoms with Crippen molar-refractivity contribution in [2.45, 2.75) is 71.3 Å². The largest absolute Gasteiger partial charge is 0.478 e. The minimum atomic E-state index is -0.802. The lowest BCUT2D eigenvalue weighted by Gasteiger charge is -2.20. The van der Waals surface area contributed by atoms with Crippen LogP contribution in [0.2, 0.25) is 5.54 Å². The number of carboxylic acids is 1. The molecule has 1 N–H and O–H groups in total. The van der Waals surface area contributed by atoms with Crippen LogP contribution in [0.1, 0.15) is 59.8 Å². The molecule has 6 heteroatoms. The Morgan fingerprint density at radius 2 is 1.64 bits per heavy atom. The summed E-state index contributed by atoms with van der Waals surface area (Å²) in [4.78, 5) is 10.9. The first-order valence-electron chi connectivity index (χ1n) is 8.69. The van der Waals surface area contributed by atoms with Gasteiger partial charge in [-0.3, -0.25) is 0 Å². The van der Waals surface area contributed by atoms with Crippen molar-refractivity contribution in [2.75, 3.05) is 13.2 Å². The second-order valence-electron chi connectivity index (χ2n) is 5.78. The van der Waals surface area contributed by atoms with E-state index in [1.165, 1.54) is 0 Å². The van der Waals surface area contributed by atoms with Crippen LogP contribution in [0, 0.1) is 0 Å². The van der Waals surface area contributed by atoms with Crippen molar-refractivity contribution in [2.24, 2.45) is 0 Å². The van der Waals surface area contributed by atoms with Crippen LogP contribution in [-0.4, -0.2) is 48.3 Å². The third-order valence-electron chi connectivity index (χ3n) is 3.72. The quantitative estimate of drug-likeness (QED) is 0.227. The Morgan fingerprint density at radius 1 is 1.09 bits per heavy atom. The summed E-state index contributed by atoms with van der Waals surface area (Å²) < 4.78 is 11.8. The molecular weight excluding hydrogens is 312 g/mol. The lowest BCUT2D eigenvalue weighted by Crippen LogP contribution is -2.31. The van der Waals surface area contributed by atoms with Crippen LogP contribution in [0.3, 0.4) is 0 Å². The summed E-state index contributed by atoms with van der Waals surface area (Å²) in [6.45, 7) is 9.73. The minimum absolute atomic E-state index is 0.0392. The number of aliphatic carboxylic acids is 1. The number of ether oxygens (including phenoxy) is 2. The van der Waals surface area contributed by atoms with E-state index in [9.17, 15) is 4.79 Å². The molecule has 1 unspecified atom stereocenters. The van der Waals surface area contributed by atoms with E-state index < -0.39 is 15.0 Å². The molecular formula is C16H34O4Si2. The highest BCUT2D eigenvalue weighted by Crippen LogP contribution is 2.14. The van der Waals surface area contributed by atoms with Gasteiger partial charge in [-0.25, -0.2) is 4.79 Å². The van der Waals surface area contributed by atoms with Crippen LogP contribution in [0.25, 0.3) is 0 Å². The van der Waals surface area contributed by atoms with Crippen molar-refractivity contribution in [3.05, 3.63) is 11.6 Å². The molecule has 22 heavy (non-hydrogen) atoms. The summed E-state index contributed by atoms with van der Waals surface area (Å²) in [5.41, 5.74) is 0.943. The summed E-state index contributed by atoms with van der Waals surface area (Å²) in [5.74, 6) is -0.763. The normalized spacial score (nSPS) is 14.7.